The number of hydrogen-bond acceptors (Lipinski definition) is 4. The summed E-state index contributed by atoms with van der Waals surface area (Å²) in [5, 5.41) is 1.89. The summed E-state index contributed by atoms with van der Waals surface area (Å²) in [5.41, 5.74) is -0.204. The Bertz CT molecular complexity index is 828. The van der Waals surface area contributed by atoms with Gasteiger partial charge in [-0.1, -0.05) is 35.8 Å². The summed E-state index contributed by atoms with van der Waals surface area (Å²) in [5.74, 6) is -4.55. The van der Waals surface area contributed by atoms with Gasteiger partial charge in [-0.25, -0.2) is 12.8 Å². The smallest absolute Gasteiger partial charge is 0.344 e. The molecule has 28 heavy (non-hydrogen) atoms. The molecule has 0 fully saturated rings. The first kappa shape index (κ1) is 24.3. The van der Waals surface area contributed by atoms with Gasteiger partial charge < -0.3 is 5.32 Å². The van der Waals surface area contributed by atoms with E-state index < -0.39 is 52.0 Å². The molecule has 0 radical (unpaired) electrons. The van der Waals surface area contributed by atoms with E-state index in [2.05, 4.69) is 15.9 Å². The summed E-state index contributed by atoms with van der Waals surface area (Å²) >= 11 is 3.02. The van der Waals surface area contributed by atoms with E-state index in [-0.39, 0.29) is 17.9 Å². The van der Waals surface area contributed by atoms with Crippen molar-refractivity contribution in [2.45, 2.75) is 44.7 Å². The van der Waals surface area contributed by atoms with E-state index in [1.54, 1.807) is 18.6 Å². The molecular weight excluding hydrogens is 472 g/mol. The number of benzene rings is 1. The number of hydrogen-bond donors (Lipinski definition) is 2. The average molecular weight is 491 g/mol. The summed E-state index contributed by atoms with van der Waals surface area (Å²) in [4.78, 5) is 23.7. The van der Waals surface area contributed by atoms with Gasteiger partial charge in [-0.3, -0.25) is 14.3 Å². The Morgan fingerprint density at radius 1 is 1.21 bits per heavy atom. The summed E-state index contributed by atoms with van der Waals surface area (Å²) in [7, 11) is -4.35. The Hall–Kier alpha value is -1.69. The van der Waals surface area contributed by atoms with E-state index in [0.29, 0.717) is 4.47 Å². The maximum absolute atomic E-state index is 13.8. The van der Waals surface area contributed by atoms with Gasteiger partial charge in [-0.05, 0) is 24.5 Å². The topological polar surface area (TPSA) is 92.3 Å². The number of carbonyl (C=O) groups excluding carboxylic acids is 2. The lowest BCUT2D eigenvalue weighted by atomic mass is 10.0. The quantitative estimate of drug-likeness (QED) is 0.547. The fraction of sp³-hybridized carbons (Fsp3) is 0.500. The summed E-state index contributed by atoms with van der Waals surface area (Å²) < 4.78 is 77.1. The van der Waals surface area contributed by atoms with E-state index in [4.69, 9.17) is 0 Å². The predicted molar refractivity (Wildman–Crippen MR) is 96.9 cm³/mol. The number of rotatable bonds is 8. The van der Waals surface area contributed by atoms with Crippen molar-refractivity contribution in [3.05, 3.63) is 34.1 Å². The molecule has 2 amide bonds. The second-order valence-electron chi connectivity index (χ2n) is 6.50. The van der Waals surface area contributed by atoms with E-state index in [9.17, 15) is 35.6 Å². The lowest BCUT2D eigenvalue weighted by Crippen LogP contribution is -2.49. The van der Waals surface area contributed by atoms with Crippen LogP contribution in [0.3, 0.4) is 0 Å². The third-order valence-corrected chi connectivity index (χ3v) is 5.03. The van der Waals surface area contributed by atoms with Crippen LogP contribution in [0.5, 0.6) is 0 Å². The fourth-order valence-electron chi connectivity index (χ4n) is 2.23. The fourth-order valence-corrected chi connectivity index (χ4v) is 3.73. The normalized spacial score (nSPS) is 13.3. The van der Waals surface area contributed by atoms with Crippen LogP contribution in [0.15, 0.2) is 22.7 Å². The summed E-state index contributed by atoms with van der Waals surface area (Å²) in [6.07, 6.45) is -6.66. The third-order valence-electron chi connectivity index (χ3n) is 3.34. The molecule has 0 unspecified atom stereocenters. The van der Waals surface area contributed by atoms with Crippen LogP contribution in [0.1, 0.15) is 32.3 Å². The van der Waals surface area contributed by atoms with E-state index >= 15 is 0 Å². The molecule has 1 aromatic carbocycles. The number of halogens is 5. The molecule has 6 nitrogen and oxygen atoms in total. The van der Waals surface area contributed by atoms with Crippen molar-refractivity contribution in [2.75, 3.05) is 0 Å². The van der Waals surface area contributed by atoms with E-state index in [1.807, 2.05) is 5.32 Å². The Labute approximate surface area is 168 Å². The standard InChI is InChI=1S/C16H19BrF4N2O4S/c1-9(2)5-13(22-14(24)7-16(19,20)21)15(25)23-28(26,27)8-10-3-4-11(17)6-12(10)18/h3-4,6,9,13H,5,7-8H2,1-2H3,(H,22,24)(H,23,25)/t13-/m0/s1. The highest BCUT2D eigenvalue weighted by molar-refractivity contribution is 9.10. The van der Waals surface area contributed by atoms with Gasteiger partial charge >= 0.3 is 6.18 Å². The number of sulfonamides is 1. The Balaban J connectivity index is 2.88. The number of alkyl halides is 3. The van der Waals surface area contributed by atoms with Crippen molar-refractivity contribution in [1.29, 1.82) is 0 Å². The van der Waals surface area contributed by atoms with Gasteiger partial charge in [0.25, 0.3) is 5.91 Å². The molecule has 1 rings (SSSR count). The minimum atomic E-state index is -4.77. The highest BCUT2D eigenvalue weighted by Crippen LogP contribution is 2.20. The van der Waals surface area contributed by atoms with E-state index in [1.165, 1.54) is 12.1 Å². The van der Waals surface area contributed by atoms with Gasteiger partial charge in [-0.2, -0.15) is 13.2 Å². The molecule has 0 aromatic heterocycles. The zero-order valence-electron chi connectivity index (χ0n) is 14.9. The van der Waals surface area contributed by atoms with Crippen molar-refractivity contribution in [3.8, 4) is 0 Å². The first-order valence-corrected chi connectivity index (χ1v) is 10.5. The molecule has 0 saturated carbocycles. The first-order valence-electron chi connectivity index (χ1n) is 8.03. The summed E-state index contributed by atoms with van der Waals surface area (Å²) in [6, 6.07) is 2.18. The largest absolute Gasteiger partial charge is 0.397 e. The molecule has 158 valence electrons. The zero-order valence-corrected chi connectivity index (χ0v) is 17.3. The van der Waals surface area contributed by atoms with Gasteiger partial charge in [0.05, 0.1) is 5.75 Å². The molecule has 2 N–H and O–H groups in total. The molecule has 0 aliphatic heterocycles. The van der Waals surface area contributed by atoms with Gasteiger partial charge in [0.15, 0.2) is 0 Å². The zero-order chi connectivity index (χ0) is 21.7. The van der Waals surface area contributed by atoms with Gasteiger partial charge in [-0.15, -0.1) is 0 Å². The molecule has 0 aliphatic carbocycles. The molecule has 0 aliphatic rings. The van der Waals surface area contributed by atoms with Crippen LogP contribution in [-0.4, -0.2) is 32.5 Å². The number of carbonyl (C=O) groups is 2. The number of amides is 2. The van der Waals surface area contributed by atoms with Crippen LogP contribution >= 0.6 is 15.9 Å². The molecule has 12 heteroatoms. The Morgan fingerprint density at radius 2 is 1.82 bits per heavy atom. The molecule has 0 spiro atoms. The first-order chi connectivity index (χ1) is 12.7. The second-order valence-corrected chi connectivity index (χ2v) is 9.14. The molecule has 0 saturated heterocycles. The van der Waals surface area contributed by atoms with Crippen molar-refractivity contribution in [2.24, 2.45) is 5.92 Å². The maximum atomic E-state index is 13.8. The lowest BCUT2D eigenvalue weighted by Gasteiger charge is -2.20. The SMILES string of the molecule is CC(C)C[C@H](NC(=O)CC(F)(F)F)C(=O)NS(=O)(=O)Cc1ccc(Br)cc1F. The average Bonchev–Trinajstić information content (AvgIpc) is 2.46. The highest BCUT2D eigenvalue weighted by atomic mass is 79.9. The van der Waals surface area contributed by atoms with Crippen LogP contribution in [0.4, 0.5) is 17.6 Å². The minimum absolute atomic E-state index is 0.0857. The number of nitrogens with one attached hydrogen (secondary N) is 2. The van der Waals surface area contributed by atoms with Crippen molar-refractivity contribution < 1.29 is 35.6 Å². The monoisotopic (exact) mass is 490 g/mol. The van der Waals surface area contributed by atoms with Crippen molar-refractivity contribution >= 4 is 37.8 Å². The van der Waals surface area contributed by atoms with Crippen molar-refractivity contribution in [3.63, 3.8) is 0 Å². The third kappa shape index (κ3) is 9.00. The Kier molecular flexibility index (Phi) is 8.42. The lowest BCUT2D eigenvalue weighted by molar-refractivity contribution is -0.155. The van der Waals surface area contributed by atoms with Crippen LogP contribution in [0, 0.1) is 11.7 Å². The Morgan fingerprint density at radius 3 is 2.32 bits per heavy atom. The van der Waals surface area contributed by atoms with Gasteiger partial charge in [0, 0.05) is 10.0 Å². The molecule has 0 bridgehead atoms. The van der Waals surface area contributed by atoms with Crippen molar-refractivity contribution in [1.82, 2.24) is 10.0 Å². The van der Waals surface area contributed by atoms with E-state index in [0.717, 1.165) is 6.07 Å². The van der Waals surface area contributed by atoms with Gasteiger partial charge in [0.1, 0.15) is 18.3 Å². The minimum Gasteiger partial charge on any atom is -0.344 e. The molecule has 0 heterocycles. The molecular formula is C16H19BrF4N2O4S. The second kappa shape index (κ2) is 9.68. The highest BCUT2D eigenvalue weighted by Gasteiger charge is 2.34. The molecule has 1 aromatic rings. The summed E-state index contributed by atoms with van der Waals surface area (Å²) in [6.45, 7) is 3.28. The molecule has 1 atom stereocenters. The van der Waals surface area contributed by atoms with Gasteiger partial charge in [0.2, 0.25) is 15.9 Å². The van der Waals surface area contributed by atoms with Crippen LogP contribution < -0.4 is 10.0 Å². The van der Waals surface area contributed by atoms with Crippen LogP contribution in [-0.2, 0) is 25.4 Å². The maximum Gasteiger partial charge on any atom is 0.397 e. The van der Waals surface area contributed by atoms with Crippen LogP contribution in [0.2, 0.25) is 0 Å². The predicted octanol–water partition coefficient (Wildman–Crippen LogP) is 3.02. The van der Waals surface area contributed by atoms with Crippen LogP contribution in [0.25, 0.3) is 0 Å².